The number of hydroxylamine groups is 2. The largest absolute Gasteiger partial charge is 0.351 e. The van der Waals surface area contributed by atoms with Crippen molar-refractivity contribution in [2.45, 2.75) is 71.5 Å². The van der Waals surface area contributed by atoms with Gasteiger partial charge in [-0.25, -0.2) is 0 Å². The van der Waals surface area contributed by atoms with Crippen molar-refractivity contribution < 1.29 is 10.0 Å². The summed E-state index contributed by atoms with van der Waals surface area (Å²) in [6, 6.07) is 0. The Morgan fingerprint density at radius 1 is 1.29 bits per heavy atom. The Labute approximate surface area is 104 Å². The number of carbonyl (C=O) groups is 1. The predicted octanol–water partition coefficient (Wildman–Crippen LogP) is 2.17. The molecule has 1 heterocycles. The van der Waals surface area contributed by atoms with Gasteiger partial charge in [-0.15, -0.1) is 0 Å². The second-order valence-corrected chi connectivity index (χ2v) is 7.27. The molecule has 0 radical (unpaired) electrons. The molecule has 2 N–H and O–H groups in total. The highest BCUT2D eigenvalue weighted by Crippen LogP contribution is 2.43. The molecule has 1 amide bonds. The zero-order valence-electron chi connectivity index (χ0n) is 12.1. The number of hydrogen-bond donors (Lipinski definition) is 2. The third kappa shape index (κ3) is 2.80. The average Bonchev–Trinajstić information content (AvgIpc) is 2.23. The van der Waals surface area contributed by atoms with Gasteiger partial charge in [0.25, 0.3) is 0 Å². The Bertz CT molecular complexity index is 316. The zero-order chi connectivity index (χ0) is 13.6. The highest BCUT2D eigenvalue weighted by Gasteiger charge is 2.54. The normalized spacial score (nSPS) is 28.1. The molecule has 100 valence electrons. The first kappa shape index (κ1) is 14.5. The van der Waals surface area contributed by atoms with E-state index in [-0.39, 0.29) is 22.9 Å². The first-order valence-corrected chi connectivity index (χ1v) is 6.19. The molecule has 0 aromatic rings. The fraction of sp³-hybridized carbons (Fsp3) is 0.923. The monoisotopic (exact) mass is 242 g/mol. The smallest absolute Gasteiger partial charge is 0.225 e. The summed E-state index contributed by atoms with van der Waals surface area (Å²) < 4.78 is 0. The van der Waals surface area contributed by atoms with Crippen molar-refractivity contribution in [2.75, 3.05) is 0 Å². The van der Waals surface area contributed by atoms with Gasteiger partial charge in [0, 0.05) is 11.1 Å². The van der Waals surface area contributed by atoms with Gasteiger partial charge in [0.15, 0.2) is 0 Å². The number of nitrogens with one attached hydrogen (secondary N) is 1. The number of carbonyl (C=O) groups excluding carboxylic acids is 1. The molecule has 1 aliphatic heterocycles. The Morgan fingerprint density at radius 2 is 1.76 bits per heavy atom. The van der Waals surface area contributed by atoms with E-state index in [1.54, 1.807) is 0 Å². The molecule has 0 aromatic heterocycles. The highest BCUT2D eigenvalue weighted by atomic mass is 16.5. The van der Waals surface area contributed by atoms with Crippen LogP contribution in [-0.2, 0) is 4.79 Å². The van der Waals surface area contributed by atoms with Crippen molar-refractivity contribution >= 4 is 5.91 Å². The van der Waals surface area contributed by atoms with E-state index in [2.05, 4.69) is 5.32 Å². The topological polar surface area (TPSA) is 52.6 Å². The Morgan fingerprint density at radius 3 is 2.06 bits per heavy atom. The van der Waals surface area contributed by atoms with Crippen LogP contribution in [0.2, 0.25) is 0 Å². The van der Waals surface area contributed by atoms with Gasteiger partial charge in [0.1, 0.15) is 0 Å². The number of amides is 1. The van der Waals surface area contributed by atoms with Crippen LogP contribution in [-0.4, -0.2) is 32.8 Å². The molecule has 0 spiro atoms. The molecule has 0 bridgehead atoms. The Kier molecular flexibility index (Phi) is 3.36. The molecule has 1 aliphatic rings. The van der Waals surface area contributed by atoms with Crippen molar-refractivity contribution in [1.29, 1.82) is 0 Å². The van der Waals surface area contributed by atoms with Crippen molar-refractivity contribution in [1.82, 2.24) is 10.4 Å². The fourth-order valence-electron chi connectivity index (χ4n) is 2.63. The summed E-state index contributed by atoms with van der Waals surface area (Å²) in [6.07, 6.45) is 0.665. The zero-order valence-corrected chi connectivity index (χ0v) is 12.1. The van der Waals surface area contributed by atoms with Crippen LogP contribution in [0.1, 0.15) is 54.9 Å². The van der Waals surface area contributed by atoms with E-state index < -0.39 is 5.54 Å². The first-order valence-electron chi connectivity index (χ1n) is 6.19. The van der Waals surface area contributed by atoms with E-state index in [9.17, 15) is 10.0 Å². The molecule has 0 saturated carbocycles. The lowest BCUT2D eigenvalue weighted by Gasteiger charge is -2.36. The predicted molar refractivity (Wildman–Crippen MR) is 67.8 cm³/mol. The van der Waals surface area contributed by atoms with Gasteiger partial charge in [0.05, 0.1) is 11.5 Å². The molecule has 1 rings (SSSR count). The summed E-state index contributed by atoms with van der Waals surface area (Å²) in [5, 5.41) is 14.5. The molecule has 0 aromatic carbocycles. The lowest BCUT2D eigenvalue weighted by molar-refractivity contribution is -0.197. The molecule has 4 nitrogen and oxygen atoms in total. The summed E-state index contributed by atoms with van der Waals surface area (Å²) >= 11 is 0. The van der Waals surface area contributed by atoms with Crippen LogP contribution < -0.4 is 5.32 Å². The van der Waals surface area contributed by atoms with Gasteiger partial charge >= 0.3 is 0 Å². The first-order chi connectivity index (χ1) is 7.38. The molecule has 1 fully saturated rings. The quantitative estimate of drug-likeness (QED) is 0.741. The molecular weight excluding hydrogens is 216 g/mol. The maximum absolute atomic E-state index is 12.3. The van der Waals surface area contributed by atoms with Gasteiger partial charge in [-0.2, -0.15) is 5.06 Å². The van der Waals surface area contributed by atoms with E-state index in [0.717, 1.165) is 0 Å². The summed E-state index contributed by atoms with van der Waals surface area (Å²) in [4.78, 5) is 12.3. The van der Waals surface area contributed by atoms with Gasteiger partial charge in [-0.05, 0) is 54.9 Å². The van der Waals surface area contributed by atoms with E-state index in [1.807, 2.05) is 48.5 Å². The minimum Gasteiger partial charge on any atom is -0.351 e. The number of hydrogen-bond acceptors (Lipinski definition) is 3. The minimum atomic E-state index is -0.529. The highest BCUT2D eigenvalue weighted by molar-refractivity contribution is 5.81. The second kappa shape index (κ2) is 3.95. The number of nitrogens with zero attached hydrogens (tertiary/aromatic N) is 1. The Balaban J connectivity index is 2.90. The van der Waals surface area contributed by atoms with Crippen molar-refractivity contribution in [3.63, 3.8) is 0 Å². The van der Waals surface area contributed by atoms with Crippen LogP contribution in [0.5, 0.6) is 0 Å². The van der Waals surface area contributed by atoms with Crippen LogP contribution in [0, 0.1) is 5.92 Å². The molecule has 4 heteroatoms. The fourth-order valence-corrected chi connectivity index (χ4v) is 2.63. The molecular formula is C13H26N2O2. The average molecular weight is 242 g/mol. The van der Waals surface area contributed by atoms with Crippen LogP contribution in [0.15, 0.2) is 0 Å². The second-order valence-electron chi connectivity index (χ2n) is 7.27. The number of rotatable bonds is 1. The van der Waals surface area contributed by atoms with E-state index in [4.69, 9.17) is 0 Å². The maximum atomic E-state index is 12.3. The third-order valence-electron chi connectivity index (χ3n) is 3.49. The molecule has 1 saturated heterocycles. The third-order valence-corrected chi connectivity index (χ3v) is 3.49. The minimum absolute atomic E-state index is 0.0205. The van der Waals surface area contributed by atoms with E-state index in [1.165, 1.54) is 5.06 Å². The van der Waals surface area contributed by atoms with Crippen LogP contribution in [0.25, 0.3) is 0 Å². The lowest BCUT2D eigenvalue weighted by atomic mass is 9.85. The van der Waals surface area contributed by atoms with E-state index >= 15 is 0 Å². The summed E-state index contributed by atoms with van der Waals surface area (Å²) in [6.45, 7) is 13.6. The SMILES string of the molecule is CC(C)(C)NC(=O)C1CC(C)(C)N(O)C1(C)C. The van der Waals surface area contributed by atoms with Crippen LogP contribution >= 0.6 is 0 Å². The van der Waals surface area contributed by atoms with Crippen molar-refractivity contribution in [3.05, 3.63) is 0 Å². The van der Waals surface area contributed by atoms with Crippen LogP contribution in [0.4, 0.5) is 0 Å². The van der Waals surface area contributed by atoms with Crippen LogP contribution in [0.3, 0.4) is 0 Å². The molecule has 0 aliphatic carbocycles. The summed E-state index contributed by atoms with van der Waals surface area (Å²) in [5.41, 5.74) is -1.12. The molecule has 1 unspecified atom stereocenters. The molecule has 17 heavy (non-hydrogen) atoms. The van der Waals surface area contributed by atoms with Crippen molar-refractivity contribution in [2.24, 2.45) is 5.92 Å². The standard InChI is InChI=1S/C13H26N2O2/c1-11(2,3)14-10(16)9-8-12(4,5)15(17)13(9,6)7/h9,17H,8H2,1-7H3,(H,14,16). The summed E-state index contributed by atoms with van der Waals surface area (Å²) in [5.74, 6) is -0.172. The van der Waals surface area contributed by atoms with Gasteiger partial charge in [-0.3, -0.25) is 4.79 Å². The maximum Gasteiger partial charge on any atom is 0.225 e. The Hall–Kier alpha value is -0.610. The van der Waals surface area contributed by atoms with Gasteiger partial charge in [-0.1, -0.05) is 0 Å². The summed E-state index contributed by atoms with van der Waals surface area (Å²) in [7, 11) is 0. The lowest BCUT2D eigenvalue weighted by Crippen LogP contribution is -2.52. The molecule has 1 atom stereocenters. The van der Waals surface area contributed by atoms with Gasteiger partial charge in [0.2, 0.25) is 5.91 Å². The van der Waals surface area contributed by atoms with Gasteiger partial charge < -0.3 is 10.5 Å². The van der Waals surface area contributed by atoms with Crippen molar-refractivity contribution in [3.8, 4) is 0 Å². The van der Waals surface area contributed by atoms with E-state index in [0.29, 0.717) is 6.42 Å².